The Morgan fingerprint density at radius 3 is 2.70 bits per heavy atom. The maximum absolute atomic E-state index is 9.16. The Bertz CT molecular complexity index is 119. The van der Waals surface area contributed by atoms with Crippen molar-refractivity contribution in [1.29, 1.82) is 0 Å². The Kier molecular flexibility index (Phi) is 1.61. The molecular weight excluding hydrogens is 136 g/mol. The van der Waals surface area contributed by atoms with Crippen LogP contribution in [-0.4, -0.2) is 43.4 Å². The van der Waals surface area contributed by atoms with Crippen molar-refractivity contribution < 1.29 is 19.3 Å². The van der Waals surface area contributed by atoms with E-state index in [1.54, 1.807) is 0 Å². The molecule has 0 amide bonds. The van der Waals surface area contributed by atoms with Crippen LogP contribution in [0.1, 0.15) is 0 Å². The molecule has 0 radical (unpaired) electrons. The highest BCUT2D eigenvalue weighted by Gasteiger charge is 2.33. The second-order valence-electron chi connectivity index (χ2n) is 2.54. The molecule has 2 heterocycles. The van der Waals surface area contributed by atoms with Crippen molar-refractivity contribution in [3.8, 4) is 0 Å². The van der Waals surface area contributed by atoms with E-state index in [9.17, 15) is 0 Å². The van der Waals surface area contributed by atoms with E-state index in [4.69, 9.17) is 19.3 Å². The molecule has 3 atom stereocenters. The summed E-state index contributed by atoms with van der Waals surface area (Å²) in [7, 11) is 0. The Balaban J connectivity index is 1.58. The van der Waals surface area contributed by atoms with Crippen molar-refractivity contribution in [2.75, 3.05) is 19.8 Å². The van der Waals surface area contributed by atoms with Gasteiger partial charge in [0.2, 0.25) is 0 Å². The van der Waals surface area contributed by atoms with E-state index in [1.165, 1.54) is 0 Å². The maximum Gasteiger partial charge on any atom is 0.181 e. The first-order valence-corrected chi connectivity index (χ1v) is 3.39. The summed E-state index contributed by atoms with van der Waals surface area (Å²) in [5, 5.41) is 9.16. The molecule has 4 nitrogen and oxygen atoms in total. The van der Waals surface area contributed by atoms with Gasteiger partial charge in [-0.2, -0.15) is 0 Å². The number of ether oxygens (including phenoxy) is 3. The van der Waals surface area contributed by atoms with Crippen LogP contribution < -0.4 is 0 Å². The molecule has 58 valence electrons. The zero-order valence-electron chi connectivity index (χ0n) is 5.53. The van der Waals surface area contributed by atoms with Gasteiger partial charge < -0.3 is 19.3 Å². The topological polar surface area (TPSA) is 54.5 Å². The fourth-order valence-corrected chi connectivity index (χ4v) is 0.726. The quantitative estimate of drug-likeness (QED) is 0.523. The van der Waals surface area contributed by atoms with Crippen LogP contribution in [0.2, 0.25) is 0 Å². The van der Waals surface area contributed by atoms with E-state index in [-0.39, 0.29) is 12.4 Å². The van der Waals surface area contributed by atoms with Crippen molar-refractivity contribution >= 4 is 0 Å². The molecule has 2 fully saturated rings. The summed E-state index contributed by atoms with van der Waals surface area (Å²) in [6.45, 7) is 1.66. The highest BCUT2D eigenvalue weighted by Crippen LogP contribution is 2.16. The second-order valence-corrected chi connectivity index (χ2v) is 2.54. The molecule has 3 unspecified atom stereocenters. The first-order valence-electron chi connectivity index (χ1n) is 3.39. The van der Waals surface area contributed by atoms with Crippen molar-refractivity contribution in [3.05, 3.63) is 0 Å². The van der Waals surface area contributed by atoms with Crippen LogP contribution >= 0.6 is 0 Å². The minimum atomic E-state index is -0.468. The second kappa shape index (κ2) is 2.47. The van der Waals surface area contributed by atoms with Gasteiger partial charge in [0.05, 0.1) is 13.2 Å². The Morgan fingerprint density at radius 1 is 1.50 bits per heavy atom. The van der Waals surface area contributed by atoms with Gasteiger partial charge in [-0.15, -0.1) is 0 Å². The molecule has 0 saturated carbocycles. The van der Waals surface area contributed by atoms with E-state index >= 15 is 0 Å². The van der Waals surface area contributed by atoms with Gasteiger partial charge in [0.15, 0.2) is 6.29 Å². The minimum absolute atomic E-state index is 0.0127. The van der Waals surface area contributed by atoms with Crippen LogP contribution in [0.3, 0.4) is 0 Å². The van der Waals surface area contributed by atoms with Crippen LogP contribution in [-0.2, 0) is 14.2 Å². The largest absolute Gasteiger partial charge is 0.388 e. The highest BCUT2D eigenvalue weighted by molar-refractivity contribution is 4.78. The van der Waals surface area contributed by atoms with Gasteiger partial charge in [-0.25, -0.2) is 0 Å². The Hall–Kier alpha value is -0.160. The van der Waals surface area contributed by atoms with Crippen molar-refractivity contribution in [2.24, 2.45) is 0 Å². The molecule has 1 N–H and O–H groups in total. The summed E-state index contributed by atoms with van der Waals surface area (Å²) in [6.07, 6.45) is -0.517. The van der Waals surface area contributed by atoms with Gasteiger partial charge >= 0.3 is 0 Å². The normalized spacial score (nSPS) is 39.3. The first kappa shape index (κ1) is 6.54. The summed E-state index contributed by atoms with van der Waals surface area (Å²) < 4.78 is 14.7. The van der Waals surface area contributed by atoms with Gasteiger partial charge in [-0.3, -0.25) is 0 Å². The van der Waals surface area contributed by atoms with Crippen molar-refractivity contribution in [1.82, 2.24) is 0 Å². The van der Waals surface area contributed by atoms with E-state index in [1.807, 2.05) is 0 Å². The van der Waals surface area contributed by atoms with Gasteiger partial charge in [0, 0.05) is 0 Å². The molecule has 2 aliphatic heterocycles. The molecule has 2 rings (SSSR count). The van der Waals surface area contributed by atoms with Crippen molar-refractivity contribution in [2.45, 2.75) is 18.5 Å². The molecule has 0 aromatic heterocycles. The zero-order valence-corrected chi connectivity index (χ0v) is 5.53. The predicted molar refractivity (Wildman–Crippen MR) is 31.4 cm³/mol. The fraction of sp³-hybridized carbons (Fsp3) is 1.00. The molecule has 2 saturated heterocycles. The van der Waals surface area contributed by atoms with Crippen LogP contribution in [0.15, 0.2) is 0 Å². The van der Waals surface area contributed by atoms with E-state index in [0.717, 1.165) is 0 Å². The fourth-order valence-electron chi connectivity index (χ4n) is 0.726. The third-order valence-electron chi connectivity index (χ3n) is 1.54. The van der Waals surface area contributed by atoms with Crippen LogP contribution in [0.5, 0.6) is 0 Å². The summed E-state index contributed by atoms with van der Waals surface area (Å²) in [5.74, 6) is 0. The monoisotopic (exact) mass is 146 g/mol. The van der Waals surface area contributed by atoms with Gasteiger partial charge in [-0.05, 0) is 0 Å². The summed E-state index contributed by atoms with van der Waals surface area (Å²) >= 11 is 0. The van der Waals surface area contributed by atoms with Crippen LogP contribution in [0, 0.1) is 0 Å². The minimum Gasteiger partial charge on any atom is -0.388 e. The number of epoxide rings is 2. The summed E-state index contributed by atoms with van der Waals surface area (Å²) in [6, 6.07) is 0. The molecule has 0 aromatic rings. The SMILES string of the molecule is OC(COC1CO1)C1CO1. The lowest BCUT2D eigenvalue weighted by Gasteiger charge is -2.04. The van der Waals surface area contributed by atoms with Gasteiger partial charge in [-0.1, -0.05) is 0 Å². The molecule has 0 aromatic carbocycles. The third kappa shape index (κ3) is 1.67. The van der Waals surface area contributed by atoms with Gasteiger partial charge in [0.25, 0.3) is 0 Å². The molecule has 10 heavy (non-hydrogen) atoms. The lowest BCUT2D eigenvalue weighted by atomic mass is 10.3. The molecule has 0 bridgehead atoms. The molecular formula is C6H10O4. The highest BCUT2D eigenvalue weighted by atomic mass is 16.8. The number of rotatable bonds is 4. The van der Waals surface area contributed by atoms with E-state index in [0.29, 0.717) is 19.8 Å². The number of aliphatic hydroxyl groups excluding tert-OH is 1. The first-order chi connectivity index (χ1) is 4.86. The zero-order chi connectivity index (χ0) is 6.97. The Morgan fingerprint density at radius 2 is 2.20 bits per heavy atom. The van der Waals surface area contributed by atoms with Gasteiger partial charge in [0.1, 0.15) is 18.8 Å². The lowest BCUT2D eigenvalue weighted by molar-refractivity contribution is -0.0175. The molecule has 2 aliphatic rings. The average molecular weight is 146 g/mol. The average Bonchev–Trinajstić information content (AvgIpc) is 2.76. The lowest BCUT2D eigenvalue weighted by Crippen LogP contribution is -2.22. The third-order valence-corrected chi connectivity index (χ3v) is 1.54. The van der Waals surface area contributed by atoms with E-state index < -0.39 is 6.10 Å². The predicted octanol–water partition coefficient (Wildman–Crippen LogP) is -0.881. The summed E-state index contributed by atoms with van der Waals surface area (Å²) in [4.78, 5) is 0. The standard InChI is InChI=1S/C6H10O4/c7-4(5-2-8-5)1-9-6-3-10-6/h4-7H,1-3H2. The van der Waals surface area contributed by atoms with Crippen molar-refractivity contribution in [3.63, 3.8) is 0 Å². The molecule has 4 heteroatoms. The number of hydrogen-bond acceptors (Lipinski definition) is 4. The van der Waals surface area contributed by atoms with Crippen LogP contribution in [0.4, 0.5) is 0 Å². The number of aliphatic hydroxyl groups is 1. The number of hydrogen-bond donors (Lipinski definition) is 1. The molecule has 0 spiro atoms. The van der Waals surface area contributed by atoms with E-state index in [2.05, 4.69) is 0 Å². The molecule has 0 aliphatic carbocycles. The maximum atomic E-state index is 9.16. The summed E-state index contributed by atoms with van der Waals surface area (Å²) in [5.41, 5.74) is 0. The van der Waals surface area contributed by atoms with Crippen LogP contribution in [0.25, 0.3) is 0 Å². The smallest absolute Gasteiger partial charge is 0.181 e. The Labute approximate surface area is 58.7 Å².